The molecular formula is C10H14BNO3. The van der Waals surface area contributed by atoms with Gasteiger partial charge in [0.2, 0.25) is 0 Å². The van der Waals surface area contributed by atoms with Gasteiger partial charge in [0, 0.05) is 6.20 Å². The number of ether oxygens (including phenoxy) is 1. The van der Waals surface area contributed by atoms with Gasteiger partial charge in [-0.1, -0.05) is 11.5 Å². The second-order valence-corrected chi connectivity index (χ2v) is 4.39. The van der Waals surface area contributed by atoms with E-state index in [-0.39, 0.29) is 5.56 Å². The van der Waals surface area contributed by atoms with Crippen molar-refractivity contribution in [2.24, 2.45) is 0 Å². The molecule has 0 N–H and O–H groups in total. The number of pyridine rings is 1. The third kappa shape index (κ3) is 3.27. The lowest BCUT2D eigenvalue weighted by atomic mass is 9.98. The Morgan fingerprint density at radius 3 is 2.53 bits per heavy atom. The van der Waals surface area contributed by atoms with Gasteiger partial charge in [0.1, 0.15) is 13.4 Å². The van der Waals surface area contributed by atoms with Gasteiger partial charge in [-0.05, 0) is 26.8 Å². The van der Waals surface area contributed by atoms with E-state index in [1.807, 2.05) is 0 Å². The molecule has 0 aromatic carbocycles. The molecule has 1 rings (SSSR count). The maximum Gasteiger partial charge on any atom is 0.421 e. The fourth-order valence-electron chi connectivity index (χ4n) is 1.04. The Kier molecular flexibility index (Phi) is 3.02. The van der Waals surface area contributed by atoms with Crippen molar-refractivity contribution in [1.82, 2.24) is 4.57 Å². The van der Waals surface area contributed by atoms with Gasteiger partial charge in [0.25, 0.3) is 5.56 Å². The lowest BCUT2D eigenvalue weighted by Crippen LogP contribution is -2.34. The smallest absolute Gasteiger partial charge is 0.421 e. The summed E-state index contributed by atoms with van der Waals surface area (Å²) in [6.45, 7) is 5.26. The molecule has 0 aliphatic carbocycles. The van der Waals surface area contributed by atoms with Gasteiger partial charge in [-0.25, -0.2) is 9.36 Å². The summed E-state index contributed by atoms with van der Waals surface area (Å²) in [5, 5.41) is 0. The summed E-state index contributed by atoms with van der Waals surface area (Å²) >= 11 is 0. The second-order valence-electron chi connectivity index (χ2n) is 4.39. The topological polar surface area (TPSA) is 48.3 Å². The summed E-state index contributed by atoms with van der Waals surface area (Å²) in [5.74, 6) is 0. The summed E-state index contributed by atoms with van der Waals surface area (Å²) in [6.07, 6.45) is 0.777. The molecule has 0 aliphatic rings. The normalized spacial score (nSPS) is 11.1. The Morgan fingerprint density at radius 1 is 1.47 bits per heavy atom. The van der Waals surface area contributed by atoms with Gasteiger partial charge < -0.3 is 4.74 Å². The zero-order valence-corrected chi connectivity index (χ0v) is 9.40. The van der Waals surface area contributed by atoms with Crippen LogP contribution in [-0.2, 0) is 4.74 Å². The fourth-order valence-corrected chi connectivity index (χ4v) is 1.04. The molecule has 1 aromatic heterocycles. The van der Waals surface area contributed by atoms with Crippen LogP contribution in [0, 0.1) is 0 Å². The van der Waals surface area contributed by atoms with Crippen molar-refractivity contribution in [2.45, 2.75) is 26.4 Å². The van der Waals surface area contributed by atoms with Crippen molar-refractivity contribution in [3.8, 4) is 0 Å². The molecule has 0 unspecified atom stereocenters. The van der Waals surface area contributed by atoms with Crippen LogP contribution in [0.3, 0.4) is 0 Å². The van der Waals surface area contributed by atoms with Crippen LogP contribution in [0.5, 0.6) is 0 Å². The molecule has 0 spiro atoms. The first-order valence-electron chi connectivity index (χ1n) is 4.72. The van der Waals surface area contributed by atoms with Crippen molar-refractivity contribution in [1.29, 1.82) is 0 Å². The highest BCUT2D eigenvalue weighted by Gasteiger charge is 2.18. The van der Waals surface area contributed by atoms with Crippen molar-refractivity contribution >= 4 is 19.4 Å². The summed E-state index contributed by atoms with van der Waals surface area (Å²) in [7, 11) is 1.79. The van der Waals surface area contributed by atoms with E-state index in [4.69, 9.17) is 4.74 Å². The highest BCUT2D eigenvalue weighted by molar-refractivity contribution is 6.32. The molecule has 0 saturated heterocycles. The third-order valence-electron chi connectivity index (χ3n) is 1.67. The monoisotopic (exact) mass is 207 g/mol. The average Bonchev–Trinajstić information content (AvgIpc) is 1.99. The first kappa shape index (κ1) is 11.6. The van der Waals surface area contributed by atoms with Gasteiger partial charge in [0.15, 0.2) is 0 Å². The Bertz CT molecular complexity index is 431. The molecule has 0 amide bonds. The molecule has 0 radical (unpaired) electrons. The maximum absolute atomic E-state index is 11.5. The number of carbonyl (C=O) groups excluding carboxylic acids is 1. The molecule has 1 aromatic rings. The third-order valence-corrected chi connectivity index (χ3v) is 1.67. The average molecular weight is 207 g/mol. The molecular weight excluding hydrogens is 193 g/mol. The van der Waals surface area contributed by atoms with E-state index in [2.05, 4.69) is 0 Å². The number of hydrogen-bond acceptors (Lipinski definition) is 3. The lowest BCUT2D eigenvalue weighted by Gasteiger charge is -2.19. The van der Waals surface area contributed by atoms with Gasteiger partial charge >= 0.3 is 6.09 Å². The molecule has 0 saturated carbocycles. The number of carbonyl (C=O) groups is 1. The van der Waals surface area contributed by atoms with Crippen LogP contribution in [0.2, 0.25) is 0 Å². The predicted molar refractivity (Wildman–Crippen MR) is 60.5 cm³/mol. The van der Waals surface area contributed by atoms with Crippen LogP contribution in [0.4, 0.5) is 4.79 Å². The molecule has 0 atom stereocenters. The van der Waals surface area contributed by atoms with E-state index < -0.39 is 11.7 Å². The molecule has 80 valence electrons. The largest absolute Gasteiger partial charge is 0.443 e. The van der Waals surface area contributed by atoms with E-state index in [1.54, 1.807) is 34.7 Å². The van der Waals surface area contributed by atoms with Crippen LogP contribution in [0.15, 0.2) is 23.1 Å². The van der Waals surface area contributed by atoms with E-state index in [0.717, 1.165) is 10.0 Å². The minimum Gasteiger partial charge on any atom is -0.443 e. The lowest BCUT2D eigenvalue weighted by molar-refractivity contribution is 0.0531. The highest BCUT2D eigenvalue weighted by Crippen LogP contribution is 2.07. The first-order chi connectivity index (χ1) is 6.79. The molecule has 4 nitrogen and oxygen atoms in total. The molecule has 5 heteroatoms. The van der Waals surface area contributed by atoms with E-state index >= 15 is 0 Å². The SMILES string of the molecule is Bc1ccn(C(=O)OC(C)(C)C)c(=O)c1. The van der Waals surface area contributed by atoms with E-state index in [1.165, 1.54) is 12.3 Å². The van der Waals surface area contributed by atoms with Crippen molar-refractivity contribution in [3.63, 3.8) is 0 Å². The molecule has 0 aliphatic heterocycles. The van der Waals surface area contributed by atoms with Crippen LogP contribution in [0.25, 0.3) is 0 Å². The van der Waals surface area contributed by atoms with Crippen LogP contribution in [-0.4, -0.2) is 24.1 Å². The molecule has 15 heavy (non-hydrogen) atoms. The van der Waals surface area contributed by atoms with Gasteiger partial charge in [0.05, 0.1) is 0 Å². The second kappa shape index (κ2) is 3.92. The van der Waals surface area contributed by atoms with E-state index in [0.29, 0.717) is 0 Å². The van der Waals surface area contributed by atoms with E-state index in [9.17, 15) is 9.59 Å². The number of hydrogen-bond donors (Lipinski definition) is 0. The van der Waals surface area contributed by atoms with Crippen molar-refractivity contribution in [2.75, 3.05) is 0 Å². The highest BCUT2D eigenvalue weighted by atomic mass is 16.6. The number of aromatic nitrogens is 1. The van der Waals surface area contributed by atoms with Gasteiger partial charge in [-0.3, -0.25) is 4.79 Å². The zero-order valence-electron chi connectivity index (χ0n) is 9.40. The van der Waals surface area contributed by atoms with Gasteiger partial charge in [-0.2, -0.15) is 0 Å². The number of rotatable bonds is 0. The summed E-state index contributed by atoms with van der Waals surface area (Å²) < 4.78 is 6.03. The molecule has 1 heterocycles. The van der Waals surface area contributed by atoms with Crippen molar-refractivity contribution in [3.05, 3.63) is 28.7 Å². The van der Waals surface area contributed by atoms with Gasteiger partial charge in [-0.15, -0.1) is 0 Å². The van der Waals surface area contributed by atoms with Crippen molar-refractivity contribution < 1.29 is 9.53 Å². The Labute approximate surface area is 89.3 Å². The Morgan fingerprint density at radius 2 is 2.07 bits per heavy atom. The summed E-state index contributed by atoms with van der Waals surface area (Å²) in [5.41, 5.74) is -0.148. The predicted octanol–water partition coefficient (Wildman–Crippen LogP) is -0.110. The van der Waals surface area contributed by atoms with Crippen LogP contribution < -0.4 is 11.0 Å². The first-order valence-corrected chi connectivity index (χ1v) is 4.72. The zero-order chi connectivity index (χ0) is 11.6. The summed E-state index contributed by atoms with van der Waals surface area (Å²) in [6, 6.07) is 3.08. The minimum atomic E-state index is -0.646. The molecule has 0 fully saturated rings. The Balaban J connectivity index is 2.98. The van der Waals surface area contributed by atoms with Crippen LogP contribution >= 0.6 is 0 Å². The standard InChI is InChI=1S/C10H14BNO3/c1-10(2,3)15-9(14)12-5-4-7(11)6-8(12)13/h4-6H,11H2,1-3H3. The minimum absolute atomic E-state index is 0.371. The molecule has 0 bridgehead atoms. The summed E-state index contributed by atoms with van der Waals surface area (Å²) in [4.78, 5) is 23.0. The Hall–Kier alpha value is -1.52. The maximum atomic E-state index is 11.5. The number of nitrogens with zero attached hydrogens (tertiary/aromatic N) is 1. The fraction of sp³-hybridized carbons (Fsp3) is 0.400. The van der Waals surface area contributed by atoms with Crippen LogP contribution in [0.1, 0.15) is 20.8 Å². The quantitative estimate of drug-likeness (QED) is 0.557.